The molecule has 10 nitrogen and oxygen atoms in total. The van der Waals surface area contributed by atoms with Crippen LogP contribution in [0.4, 0.5) is 4.79 Å². The van der Waals surface area contributed by atoms with Gasteiger partial charge < -0.3 is 10.1 Å². The minimum atomic E-state index is -0.819. The van der Waals surface area contributed by atoms with Crippen LogP contribution in [0.5, 0.6) is 0 Å². The van der Waals surface area contributed by atoms with Gasteiger partial charge in [-0.05, 0) is 28.8 Å². The van der Waals surface area contributed by atoms with E-state index in [9.17, 15) is 14.4 Å². The summed E-state index contributed by atoms with van der Waals surface area (Å²) in [4.78, 5) is 35.6. The fourth-order valence-electron chi connectivity index (χ4n) is 2.28. The third-order valence-electron chi connectivity index (χ3n) is 3.74. The molecule has 136 valence electrons. The molecule has 1 heterocycles. The summed E-state index contributed by atoms with van der Waals surface area (Å²) in [6.07, 6.45) is 3.42. The molecule has 3 rings (SSSR count). The smallest absolute Gasteiger partial charge is 0.331 e. The first-order valence-corrected chi connectivity index (χ1v) is 8.15. The number of urea groups is 1. The van der Waals surface area contributed by atoms with E-state index in [1.807, 2.05) is 30.3 Å². The number of nitrogens with zero attached hydrogens (tertiary/aromatic N) is 4. The Kier molecular flexibility index (Phi) is 5.52. The van der Waals surface area contributed by atoms with Crippen molar-refractivity contribution in [2.24, 2.45) is 0 Å². The molecule has 1 fully saturated rings. The minimum Gasteiger partial charge on any atom is -0.454 e. The van der Waals surface area contributed by atoms with Crippen molar-refractivity contribution in [1.29, 1.82) is 0 Å². The average molecular weight is 358 g/mol. The second-order valence-corrected chi connectivity index (χ2v) is 5.90. The Bertz CT molecular complexity index is 760. The van der Waals surface area contributed by atoms with Gasteiger partial charge in [-0.2, -0.15) is 0 Å². The maximum Gasteiger partial charge on any atom is 0.331 e. The second-order valence-electron chi connectivity index (χ2n) is 5.90. The molecular formula is C16H18N6O4. The van der Waals surface area contributed by atoms with Crippen molar-refractivity contribution in [3.8, 4) is 0 Å². The average Bonchev–Trinajstić information content (AvgIpc) is 3.27. The second kappa shape index (κ2) is 8.19. The highest BCUT2D eigenvalue weighted by atomic mass is 16.5. The predicted octanol–water partition coefficient (Wildman–Crippen LogP) is -0.0117. The molecule has 1 aliphatic carbocycles. The van der Waals surface area contributed by atoms with E-state index in [1.165, 1.54) is 11.0 Å². The zero-order valence-electron chi connectivity index (χ0n) is 13.9. The normalized spacial score (nSPS) is 14.3. The molecule has 0 spiro atoms. The Morgan fingerprint density at radius 3 is 2.65 bits per heavy atom. The van der Waals surface area contributed by atoms with Gasteiger partial charge >= 0.3 is 12.0 Å². The maximum absolute atomic E-state index is 12.4. The van der Waals surface area contributed by atoms with E-state index < -0.39 is 30.6 Å². The highest BCUT2D eigenvalue weighted by Gasteiger charge is 2.26. The van der Waals surface area contributed by atoms with E-state index in [4.69, 9.17) is 4.74 Å². The van der Waals surface area contributed by atoms with Crippen molar-refractivity contribution in [1.82, 2.24) is 30.8 Å². The lowest BCUT2D eigenvalue weighted by atomic mass is 10.1. The van der Waals surface area contributed by atoms with Gasteiger partial charge in [0.05, 0.1) is 0 Å². The first-order valence-electron chi connectivity index (χ1n) is 8.15. The fourth-order valence-corrected chi connectivity index (χ4v) is 2.28. The van der Waals surface area contributed by atoms with Crippen molar-refractivity contribution >= 4 is 17.9 Å². The number of aromatic nitrogens is 4. The summed E-state index contributed by atoms with van der Waals surface area (Å²) < 4.78 is 6.31. The van der Waals surface area contributed by atoms with Crippen LogP contribution in [0.25, 0.3) is 0 Å². The Morgan fingerprint density at radius 2 is 2.00 bits per heavy atom. The molecule has 1 aromatic heterocycles. The van der Waals surface area contributed by atoms with Crippen LogP contribution < -0.4 is 10.6 Å². The molecule has 1 atom stereocenters. The number of ether oxygens (including phenoxy) is 1. The summed E-state index contributed by atoms with van der Waals surface area (Å²) in [5.41, 5.74) is 0.887. The lowest BCUT2D eigenvalue weighted by molar-refractivity contribution is -0.152. The van der Waals surface area contributed by atoms with Crippen LogP contribution >= 0.6 is 0 Å². The number of tetrazole rings is 1. The van der Waals surface area contributed by atoms with Crippen molar-refractivity contribution < 1.29 is 19.1 Å². The van der Waals surface area contributed by atoms with Gasteiger partial charge in [0.2, 0.25) is 0 Å². The van der Waals surface area contributed by atoms with Gasteiger partial charge in [0.25, 0.3) is 5.91 Å². The Labute approximate surface area is 148 Å². The third kappa shape index (κ3) is 5.10. The SMILES string of the molecule is O=C(COC(=O)[C@H](Cc1ccccc1)n1cnnn1)NC(=O)NC1CC1. The zero-order chi connectivity index (χ0) is 18.4. The molecule has 1 aromatic carbocycles. The summed E-state index contributed by atoms with van der Waals surface area (Å²) in [5.74, 6) is -1.37. The molecule has 3 amide bonds. The van der Waals surface area contributed by atoms with Crippen molar-refractivity contribution in [2.45, 2.75) is 31.3 Å². The van der Waals surface area contributed by atoms with Crippen molar-refractivity contribution in [2.75, 3.05) is 6.61 Å². The summed E-state index contributed by atoms with van der Waals surface area (Å²) >= 11 is 0. The zero-order valence-corrected chi connectivity index (χ0v) is 13.9. The molecular weight excluding hydrogens is 340 g/mol. The van der Waals surface area contributed by atoms with Crippen molar-refractivity contribution in [3.63, 3.8) is 0 Å². The number of hydrogen-bond acceptors (Lipinski definition) is 7. The van der Waals surface area contributed by atoms with Gasteiger partial charge in [-0.15, -0.1) is 5.10 Å². The third-order valence-corrected chi connectivity index (χ3v) is 3.74. The number of carbonyl (C=O) groups excluding carboxylic acids is 3. The molecule has 0 radical (unpaired) electrons. The molecule has 26 heavy (non-hydrogen) atoms. The first-order chi connectivity index (χ1) is 12.6. The molecule has 1 saturated carbocycles. The summed E-state index contributed by atoms with van der Waals surface area (Å²) in [6.45, 7) is -0.565. The van der Waals surface area contributed by atoms with E-state index in [0.717, 1.165) is 18.4 Å². The van der Waals surface area contributed by atoms with Crippen LogP contribution in [0.15, 0.2) is 36.7 Å². The van der Waals surface area contributed by atoms with Crippen LogP contribution in [-0.2, 0) is 20.7 Å². The molecule has 0 aliphatic heterocycles. The number of nitrogens with one attached hydrogen (secondary N) is 2. The Morgan fingerprint density at radius 1 is 1.23 bits per heavy atom. The van der Waals surface area contributed by atoms with E-state index in [2.05, 4.69) is 26.2 Å². The minimum absolute atomic E-state index is 0.125. The van der Waals surface area contributed by atoms with Gasteiger partial charge in [0.1, 0.15) is 6.33 Å². The Hall–Kier alpha value is -3.30. The van der Waals surface area contributed by atoms with Crippen LogP contribution in [0.3, 0.4) is 0 Å². The number of amides is 3. The summed E-state index contributed by atoms with van der Waals surface area (Å²) in [7, 11) is 0. The van der Waals surface area contributed by atoms with Gasteiger partial charge in [-0.3, -0.25) is 10.1 Å². The highest BCUT2D eigenvalue weighted by Crippen LogP contribution is 2.18. The topological polar surface area (TPSA) is 128 Å². The molecule has 0 unspecified atom stereocenters. The number of hydrogen-bond donors (Lipinski definition) is 2. The van der Waals surface area contributed by atoms with Crippen LogP contribution in [-0.4, -0.2) is 50.8 Å². The monoisotopic (exact) mass is 358 g/mol. The largest absolute Gasteiger partial charge is 0.454 e. The van der Waals surface area contributed by atoms with Crippen LogP contribution in [0.1, 0.15) is 24.4 Å². The quantitative estimate of drug-likeness (QED) is 0.666. The number of benzene rings is 1. The van der Waals surface area contributed by atoms with Crippen molar-refractivity contribution in [3.05, 3.63) is 42.2 Å². The number of carbonyl (C=O) groups is 3. The highest BCUT2D eigenvalue weighted by molar-refractivity contribution is 5.95. The standard InChI is InChI=1S/C16H18N6O4/c23-14(19-16(25)18-12-6-7-12)9-26-15(24)13(22-10-17-20-21-22)8-11-4-2-1-3-5-11/h1-5,10,12-13H,6-9H2,(H2,18,19,23,25)/t13-/m0/s1. The summed E-state index contributed by atoms with van der Waals surface area (Å²) in [6, 6.07) is 8.01. The molecule has 1 aliphatic rings. The Balaban J connectivity index is 1.55. The lowest BCUT2D eigenvalue weighted by Crippen LogP contribution is -2.42. The molecule has 2 aromatic rings. The number of rotatable bonds is 7. The van der Waals surface area contributed by atoms with E-state index in [-0.39, 0.29) is 6.04 Å². The molecule has 0 bridgehead atoms. The molecule has 10 heteroatoms. The summed E-state index contributed by atoms with van der Waals surface area (Å²) in [5, 5.41) is 15.5. The maximum atomic E-state index is 12.4. The van der Waals surface area contributed by atoms with Gasteiger partial charge in [0.15, 0.2) is 12.6 Å². The van der Waals surface area contributed by atoms with E-state index >= 15 is 0 Å². The first kappa shape index (κ1) is 17.5. The van der Waals surface area contributed by atoms with Crippen LogP contribution in [0.2, 0.25) is 0 Å². The number of esters is 1. The lowest BCUT2D eigenvalue weighted by Gasteiger charge is -2.15. The van der Waals surface area contributed by atoms with E-state index in [1.54, 1.807) is 0 Å². The molecule has 2 N–H and O–H groups in total. The van der Waals surface area contributed by atoms with Crippen LogP contribution in [0, 0.1) is 0 Å². The van der Waals surface area contributed by atoms with E-state index in [0.29, 0.717) is 6.42 Å². The number of imide groups is 1. The van der Waals surface area contributed by atoms with Gasteiger partial charge in [-0.1, -0.05) is 30.3 Å². The predicted molar refractivity (Wildman–Crippen MR) is 87.7 cm³/mol. The fraction of sp³-hybridized carbons (Fsp3) is 0.375. The van der Waals surface area contributed by atoms with Gasteiger partial charge in [0, 0.05) is 12.5 Å². The van der Waals surface area contributed by atoms with Gasteiger partial charge in [-0.25, -0.2) is 14.3 Å². The molecule has 0 saturated heterocycles.